The first-order valence-corrected chi connectivity index (χ1v) is 8.48. The number of benzene rings is 1. The molecule has 2 saturated heterocycles. The fourth-order valence-electron chi connectivity index (χ4n) is 3.78. The molecule has 7 heteroatoms. The summed E-state index contributed by atoms with van der Waals surface area (Å²) >= 11 is 0. The second-order valence-electron chi connectivity index (χ2n) is 7.17. The Labute approximate surface area is 146 Å². The largest absolute Gasteiger partial charge is 0.491 e. The molecule has 0 bridgehead atoms. The zero-order valence-electron chi connectivity index (χ0n) is 14.5. The van der Waals surface area contributed by atoms with Crippen molar-refractivity contribution in [2.24, 2.45) is 11.3 Å². The normalized spacial score (nSPS) is 25.9. The zero-order valence-corrected chi connectivity index (χ0v) is 14.5. The van der Waals surface area contributed by atoms with E-state index in [0.717, 1.165) is 5.56 Å². The molecule has 136 valence electrons. The highest BCUT2D eigenvalue weighted by atomic mass is 16.5. The fraction of sp³-hybridized carbons (Fsp3) is 0.556. The molecule has 2 aliphatic heterocycles. The van der Waals surface area contributed by atoms with Gasteiger partial charge in [-0.2, -0.15) is 0 Å². The number of aliphatic carboxylic acids is 1. The third-order valence-electron chi connectivity index (χ3n) is 5.00. The third kappa shape index (κ3) is 3.21. The van der Waals surface area contributed by atoms with E-state index < -0.39 is 17.3 Å². The van der Waals surface area contributed by atoms with E-state index in [4.69, 9.17) is 4.74 Å². The lowest BCUT2D eigenvalue weighted by molar-refractivity contribution is -0.149. The highest BCUT2D eigenvalue weighted by Crippen LogP contribution is 2.40. The zero-order chi connectivity index (χ0) is 18.2. The van der Waals surface area contributed by atoms with Crippen molar-refractivity contribution in [3.8, 4) is 5.75 Å². The number of hydrogen-bond acceptors (Lipinski definition) is 5. The maximum Gasteiger partial charge on any atom is 0.313 e. The first-order valence-electron chi connectivity index (χ1n) is 8.48. The molecule has 1 aromatic rings. The number of carboxylic acids is 1. The van der Waals surface area contributed by atoms with Gasteiger partial charge in [-0.05, 0) is 31.5 Å². The van der Waals surface area contributed by atoms with E-state index in [9.17, 15) is 19.8 Å². The van der Waals surface area contributed by atoms with Crippen LogP contribution in [0.2, 0.25) is 0 Å². The van der Waals surface area contributed by atoms with Gasteiger partial charge in [0.1, 0.15) is 11.2 Å². The van der Waals surface area contributed by atoms with E-state index >= 15 is 0 Å². The maximum absolute atomic E-state index is 12.0. The van der Waals surface area contributed by atoms with Gasteiger partial charge >= 0.3 is 5.97 Å². The van der Waals surface area contributed by atoms with Crippen molar-refractivity contribution in [3.05, 3.63) is 29.3 Å². The van der Waals surface area contributed by atoms with Gasteiger partial charge in [0.25, 0.3) is 0 Å². The smallest absolute Gasteiger partial charge is 0.313 e. The Morgan fingerprint density at radius 3 is 2.84 bits per heavy atom. The minimum Gasteiger partial charge on any atom is -0.491 e. The van der Waals surface area contributed by atoms with Gasteiger partial charge in [-0.1, -0.05) is 6.07 Å². The van der Waals surface area contributed by atoms with Gasteiger partial charge in [0, 0.05) is 31.7 Å². The summed E-state index contributed by atoms with van der Waals surface area (Å²) in [6.45, 7) is 5.21. The van der Waals surface area contributed by atoms with E-state index in [-0.39, 0.29) is 25.2 Å². The summed E-state index contributed by atoms with van der Waals surface area (Å²) in [5.41, 5.74) is 0.634. The maximum atomic E-state index is 12.0. The van der Waals surface area contributed by atoms with Crippen LogP contribution in [0.1, 0.15) is 25.0 Å². The van der Waals surface area contributed by atoms with Crippen LogP contribution in [-0.4, -0.2) is 52.7 Å². The van der Waals surface area contributed by atoms with Gasteiger partial charge < -0.3 is 20.3 Å². The number of ether oxygens (including phenoxy) is 1. The Bertz CT molecular complexity index is 690. The standard InChI is InChI=1S/C18H24N2O5/c1-11(2)25-15-4-3-12(5-13(15)8-21)6-20-7-14-16(22)19-9-18(14,10-20)17(23)24/h3-5,11,14,21H,6-10H2,1-2H3,(H,19,22)(H,23,24)/t14-,18+/m1/s1. The number of carbonyl (C=O) groups excluding carboxylic acids is 1. The highest BCUT2D eigenvalue weighted by molar-refractivity contribution is 5.92. The molecule has 1 aromatic carbocycles. The van der Waals surface area contributed by atoms with Crippen LogP contribution in [0.15, 0.2) is 18.2 Å². The first kappa shape index (κ1) is 17.7. The molecule has 0 radical (unpaired) electrons. The number of aliphatic hydroxyl groups is 1. The van der Waals surface area contributed by atoms with Crippen molar-refractivity contribution >= 4 is 11.9 Å². The molecule has 0 spiro atoms. The van der Waals surface area contributed by atoms with Crippen LogP contribution in [0, 0.1) is 11.3 Å². The van der Waals surface area contributed by atoms with Crippen molar-refractivity contribution in [3.63, 3.8) is 0 Å². The SMILES string of the molecule is CC(C)Oc1ccc(CN2C[C@@H]3C(=O)NC[C@]3(C(=O)O)C2)cc1CO. The van der Waals surface area contributed by atoms with Gasteiger partial charge in [0.15, 0.2) is 0 Å². The number of amides is 1. The number of fused-ring (bicyclic) bond motifs is 1. The minimum atomic E-state index is -1.03. The lowest BCUT2D eigenvalue weighted by atomic mass is 9.81. The second kappa shape index (κ2) is 6.65. The van der Waals surface area contributed by atoms with Crippen LogP contribution >= 0.6 is 0 Å². The van der Waals surface area contributed by atoms with E-state index in [1.807, 2.05) is 36.9 Å². The first-order chi connectivity index (χ1) is 11.9. The molecule has 2 atom stereocenters. The molecular weight excluding hydrogens is 324 g/mol. The molecule has 1 amide bonds. The molecule has 3 N–H and O–H groups in total. The monoisotopic (exact) mass is 348 g/mol. The van der Waals surface area contributed by atoms with Crippen molar-refractivity contribution < 1.29 is 24.5 Å². The quantitative estimate of drug-likeness (QED) is 0.696. The molecule has 2 aliphatic rings. The molecule has 2 fully saturated rings. The van der Waals surface area contributed by atoms with Gasteiger partial charge in [-0.15, -0.1) is 0 Å². The summed E-state index contributed by atoms with van der Waals surface area (Å²) in [6, 6.07) is 5.62. The number of nitrogens with one attached hydrogen (secondary N) is 1. The van der Waals surface area contributed by atoms with E-state index in [1.54, 1.807) is 0 Å². The van der Waals surface area contributed by atoms with Crippen molar-refractivity contribution in [1.82, 2.24) is 10.2 Å². The third-order valence-corrected chi connectivity index (χ3v) is 5.00. The highest BCUT2D eigenvalue weighted by Gasteiger charge is 2.59. The average molecular weight is 348 g/mol. The molecular formula is C18H24N2O5. The molecule has 0 aliphatic carbocycles. The van der Waals surface area contributed by atoms with Crippen LogP contribution in [0.3, 0.4) is 0 Å². The fourth-order valence-corrected chi connectivity index (χ4v) is 3.78. The van der Waals surface area contributed by atoms with E-state index in [1.165, 1.54) is 0 Å². The van der Waals surface area contributed by atoms with Crippen LogP contribution in [0.25, 0.3) is 0 Å². The summed E-state index contributed by atoms with van der Waals surface area (Å²) in [5, 5.41) is 21.9. The van der Waals surface area contributed by atoms with Crippen LogP contribution < -0.4 is 10.1 Å². The number of carbonyl (C=O) groups is 2. The topological polar surface area (TPSA) is 99.1 Å². The predicted octanol–water partition coefficient (Wildman–Crippen LogP) is 0.599. The van der Waals surface area contributed by atoms with E-state index in [0.29, 0.717) is 30.9 Å². The predicted molar refractivity (Wildman–Crippen MR) is 90.0 cm³/mol. The lowest BCUT2D eigenvalue weighted by Gasteiger charge is -2.22. The summed E-state index contributed by atoms with van der Waals surface area (Å²) < 4.78 is 5.68. The number of nitrogens with zero attached hydrogens (tertiary/aromatic N) is 1. The minimum absolute atomic E-state index is 0.0167. The Kier molecular flexibility index (Phi) is 4.71. The van der Waals surface area contributed by atoms with E-state index in [2.05, 4.69) is 5.32 Å². The van der Waals surface area contributed by atoms with Crippen LogP contribution in [0.4, 0.5) is 0 Å². The second-order valence-corrected chi connectivity index (χ2v) is 7.17. The Morgan fingerprint density at radius 2 is 2.24 bits per heavy atom. The van der Waals surface area contributed by atoms with Gasteiger partial charge in [-0.25, -0.2) is 0 Å². The Hall–Kier alpha value is -2.12. The summed E-state index contributed by atoms with van der Waals surface area (Å²) in [6.07, 6.45) is 0.0167. The molecule has 0 saturated carbocycles. The molecule has 25 heavy (non-hydrogen) atoms. The van der Waals surface area contributed by atoms with Crippen LogP contribution in [-0.2, 0) is 22.7 Å². The number of likely N-dealkylation sites (tertiary alicyclic amines) is 1. The Morgan fingerprint density at radius 1 is 1.48 bits per heavy atom. The summed E-state index contributed by atoms with van der Waals surface area (Å²) in [5.74, 6) is -0.955. The number of hydrogen-bond donors (Lipinski definition) is 3. The summed E-state index contributed by atoms with van der Waals surface area (Å²) in [4.78, 5) is 25.7. The molecule has 0 unspecified atom stereocenters. The summed E-state index contributed by atoms with van der Waals surface area (Å²) in [7, 11) is 0. The van der Waals surface area contributed by atoms with Gasteiger partial charge in [0.2, 0.25) is 5.91 Å². The van der Waals surface area contributed by atoms with Gasteiger partial charge in [0.05, 0.1) is 18.6 Å². The number of carboxylic acid groups (broad SMARTS) is 1. The average Bonchev–Trinajstić information content (AvgIpc) is 3.07. The van der Waals surface area contributed by atoms with Crippen molar-refractivity contribution in [1.29, 1.82) is 0 Å². The number of rotatable bonds is 6. The van der Waals surface area contributed by atoms with Crippen molar-refractivity contribution in [2.75, 3.05) is 19.6 Å². The van der Waals surface area contributed by atoms with Crippen molar-refractivity contribution in [2.45, 2.75) is 33.1 Å². The van der Waals surface area contributed by atoms with Gasteiger partial charge in [-0.3, -0.25) is 14.5 Å². The lowest BCUT2D eigenvalue weighted by Crippen LogP contribution is -2.40. The van der Waals surface area contributed by atoms with Crippen LogP contribution in [0.5, 0.6) is 5.75 Å². The molecule has 3 rings (SSSR count). The molecule has 0 aromatic heterocycles. The Balaban J connectivity index is 1.75. The molecule has 7 nitrogen and oxygen atoms in total. The number of aliphatic hydroxyl groups excluding tert-OH is 1. The molecule has 2 heterocycles.